The summed E-state index contributed by atoms with van der Waals surface area (Å²) in [6.45, 7) is 13.5. The van der Waals surface area contributed by atoms with Gasteiger partial charge < -0.3 is 15.7 Å². The quantitative estimate of drug-likeness (QED) is 0.482. The number of hydrogen-bond acceptors (Lipinski definition) is 3. The van der Waals surface area contributed by atoms with Gasteiger partial charge in [0.2, 0.25) is 0 Å². The summed E-state index contributed by atoms with van der Waals surface area (Å²) in [5.41, 5.74) is 2.28. The average Bonchev–Trinajstić information content (AvgIpc) is 3.16. The maximum Gasteiger partial charge on any atom is 0.191 e. The molecule has 0 aliphatic heterocycles. The molecule has 0 radical (unpaired) electrons. The Bertz CT molecular complexity index is 716. The molecule has 0 saturated heterocycles. The summed E-state index contributed by atoms with van der Waals surface area (Å²) in [6.07, 6.45) is 3.17. The molecule has 28 heavy (non-hydrogen) atoms. The van der Waals surface area contributed by atoms with Crippen molar-refractivity contribution < 1.29 is 5.11 Å². The van der Waals surface area contributed by atoms with Gasteiger partial charge in [-0.25, -0.2) is 0 Å². The predicted octanol–water partition coefficient (Wildman–Crippen LogP) is 3.11. The van der Waals surface area contributed by atoms with E-state index in [4.69, 9.17) is 0 Å². The van der Waals surface area contributed by atoms with E-state index in [9.17, 15) is 5.11 Å². The Morgan fingerprint density at radius 2 is 1.93 bits per heavy atom. The fraction of sp³-hybridized carbons (Fsp3) is 0.545. The summed E-state index contributed by atoms with van der Waals surface area (Å²) in [6, 6.07) is 10.1. The van der Waals surface area contributed by atoms with Crippen molar-refractivity contribution in [3.63, 3.8) is 0 Å². The molecule has 1 aromatic heterocycles. The summed E-state index contributed by atoms with van der Waals surface area (Å²) in [4.78, 5) is 4.65. The van der Waals surface area contributed by atoms with Crippen molar-refractivity contribution in [2.24, 2.45) is 10.9 Å². The normalized spacial score (nSPS) is 14.6. The van der Waals surface area contributed by atoms with Gasteiger partial charge in [0.15, 0.2) is 5.96 Å². The van der Waals surface area contributed by atoms with Gasteiger partial charge in [-0.3, -0.25) is 9.67 Å². The molecule has 2 atom stereocenters. The molecule has 0 fully saturated rings. The molecule has 6 heteroatoms. The maximum absolute atomic E-state index is 10.5. The van der Waals surface area contributed by atoms with Crippen molar-refractivity contribution in [1.82, 2.24) is 20.4 Å². The molecule has 3 N–H and O–H groups in total. The molecule has 0 aliphatic carbocycles. The van der Waals surface area contributed by atoms with E-state index < -0.39 is 6.10 Å². The van der Waals surface area contributed by atoms with Crippen molar-refractivity contribution in [3.8, 4) is 0 Å². The van der Waals surface area contributed by atoms with Crippen LogP contribution in [0.2, 0.25) is 0 Å². The minimum absolute atomic E-state index is 0.111. The lowest BCUT2D eigenvalue weighted by atomic mass is 9.86. The third kappa shape index (κ3) is 7.00. The van der Waals surface area contributed by atoms with Gasteiger partial charge in [0.1, 0.15) is 0 Å². The number of nitrogens with zero attached hydrogens (tertiary/aromatic N) is 3. The topological polar surface area (TPSA) is 74.5 Å². The number of aliphatic hydroxyl groups is 1. The summed E-state index contributed by atoms with van der Waals surface area (Å²) in [5, 5.41) is 21.2. The van der Waals surface area contributed by atoms with Gasteiger partial charge in [-0.05, 0) is 35.4 Å². The smallest absolute Gasteiger partial charge is 0.191 e. The van der Waals surface area contributed by atoms with Crippen LogP contribution in [0.1, 0.15) is 51.8 Å². The lowest BCUT2D eigenvalue weighted by Gasteiger charge is -2.20. The minimum atomic E-state index is -0.584. The first-order chi connectivity index (χ1) is 13.3. The maximum atomic E-state index is 10.5. The molecular weight excluding hydrogens is 350 g/mol. The Morgan fingerprint density at radius 3 is 2.50 bits per heavy atom. The van der Waals surface area contributed by atoms with Crippen LogP contribution in [0.5, 0.6) is 0 Å². The van der Waals surface area contributed by atoms with Crippen molar-refractivity contribution in [1.29, 1.82) is 0 Å². The van der Waals surface area contributed by atoms with E-state index in [0.717, 1.165) is 24.6 Å². The Balaban J connectivity index is 1.88. The average molecular weight is 386 g/mol. The zero-order valence-electron chi connectivity index (χ0n) is 17.8. The minimum Gasteiger partial charge on any atom is -0.387 e. The summed E-state index contributed by atoms with van der Waals surface area (Å²) in [5.74, 6) is 1.09. The number of hydrogen-bond donors (Lipinski definition) is 3. The van der Waals surface area contributed by atoms with Crippen LogP contribution in [0, 0.1) is 5.92 Å². The van der Waals surface area contributed by atoms with Crippen LogP contribution in [0.4, 0.5) is 0 Å². The number of aliphatic hydroxyl groups excluding tert-OH is 1. The van der Waals surface area contributed by atoms with Crippen LogP contribution in [0.15, 0.2) is 47.7 Å². The Morgan fingerprint density at radius 1 is 1.21 bits per heavy atom. The van der Waals surface area contributed by atoms with Crippen LogP contribution in [0.3, 0.4) is 0 Å². The van der Waals surface area contributed by atoms with E-state index in [1.165, 1.54) is 5.56 Å². The third-order valence-corrected chi connectivity index (χ3v) is 4.59. The molecule has 0 spiro atoms. The number of rotatable bonds is 8. The van der Waals surface area contributed by atoms with Crippen LogP contribution in [-0.2, 0) is 12.0 Å². The number of aromatic nitrogens is 2. The van der Waals surface area contributed by atoms with Gasteiger partial charge in [0.25, 0.3) is 0 Å². The highest BCUT2D eigenvalue weighted by molar-refractivity contribution is 5.79. The molecule has 2 aromatic rings. The van der Waals surface area contributed by atoms with Gasteiger partial charge in [0, 0.05) is 38.6 Å². The molecule has 1 heterocycles. The van der Waals surface area contributed by atoms with E-state index in [1.807, 2.05) is 36.0 Å². The second kappa shape index (κ2) is 10.3. The fourth-order valence-corrected chi connectivity index (χ4v) is 2.89. The second-order valence-corrected chi connectivity index (χ2v) is 8.32. The molecule has 154 valence electrons. The van der Waals surface area contributed by atoms with Crippen molar-refractivity contribution in [2.75, 3.05) is 19.6 Å². The summed E-state index contributed by atoms with van der Waals surface area (Å²) < 4.78 is 1.92. The van der Waals surface area contributed by atoms with Gasteiger partial charge in [-0.1, -0.05) is 52.0 Å². The van der Waals surface area contributed by atoms with E-state index in [-0.39, 0.29) is 5.41 Å². The molecule has 2 unspecified atom stereocenters. The van der Waals surface area contributed by atoms with Crippen LogP contribution in [0.25, 0.3) is 0 Å². The van der Waals surface area contributed by atoms with Gasteiger partial charge in [0.05, 0.1) is 6.10 Å². The Kier molecular flexibility index (Phi) is 8.05. The van der Waals surface area contributed by atoms with Crippen molar-refractivity contribution in [3.05, 3.63) is 53.9 Å². The number of guanidine groups is 1. The zero-order valence-corrected chi connectivity index (χ0v) is 17.8. The number of aliphatic imine (C=N–C) groups is 1. The second-order valence-electron chi connectivity index (χ2n) is 8.32. The number of benzene rings is 1. The van der Waals surface area contributed by atoms with Gasteiger partial charge >= 0.3 is 0 Å². The van der Waals surface area contributed by atoms with Crippen LogP contribution >= 0.6 is 0 Å². The molecule has 0 bridgehead atoms. The third-order valence-electron chi connectivity index (χ3n) is 4.59. The molecule has 0 saturated carbocycles. The highest BCUT2D eigenvalue weighted by Gasteiger charge is 2.15. The van der Waals surface area contributed by atoms with Gasteiger partial charge in [-0.15, -0.1) is 0 Å². The predicted molar refractivity (Wildman–Crippen MR) is 115 cm³/mol. The zero-order chi connectivity index (χ0) is 20.6. The highest BCUT2D eigenvalue weighted by atomic mass is 16.3. The Hall–Kier alpha value is -2.34. The lowest BCUT2D eigenvalue weighted by Crippen LogP contribution is -2.39. The number of nitrogens with one attached hydrogen (secondary N) is 2. The molecular formula is C22H35N5O. The van der Waals surface area contributed by atoms with E-state index >= 15 is 0 Å². The summed E-state index contributed by atoms with van der Waals surface area (Å²) >= 11 is 0. The van der Waals surface area contributed by atoms with Crippen LogP contribution in [-0.4, -0.2) is 40.5 Å². The molecule has 0 aliphatic rings. The first-order valence-corrected chi connectivity index (χ1v) is 10.1. The van der Waals surface area contributed by atoms with E-state index in [0.29, 0.717) is 19.0 Å². The largest absolute Gasteiger partial charge is 0.387 e. The highest BCUT2D eigenvalue weighted by Crippen LogP contribution is 2.23. The van der Waals surface area contributed by atoms with Crippen LogP contribution < -0.4 is 10.6 Å². The van der Waals surface area contributed by atoms with Gasteiger partial charge in [-0.2, -0.15) is 5.10 Å². The molecule has 2 rings (SSSR count). The fourth-order valence-electron chi connectivity index (χ4n) is 2.89. The standard InChI is InChI=1S/C22H35N5O/c1-6-23-21(24-14-17(2)16-27-13-7-12-26-27)25-15-20(28)18-8-10-19(11-9-18)22(3,4)5/h7-13,17,20,28H,6,14-16H2,1-5H3,(H2,23,24,25). The monoisotopic (exact) mass is 385 g/mol. The lowest BCUT2D eigenvalue weighted by molar-refractivity contribution is 0.181. The van der Waals surface area contributed by atoms with E-state index in [2.05, 4.69) is 60.6 Å². The first-order valence-electron chi connectivity index (χ1n) is 10.1. The summed E-state index contributed by atoms with van der Waals surface area (Å²) in [7, 11) is 0. The van der Waals surface area contributed by atoms with E-state index in [1.54, 1.807) is 6.20 Å². The Labute approximate surface area is 169 Å². The SMILES string of the molecule is CCNC(=NCC(C)Cn1cccn1)NCC(O)c1ccc(C(C)(C)C)cc1. The van der Waals surface area contributed by atoms with Crippen molar-refractivity contribution in [2.45, 2.75) is 52.7 Å². The molecule has 6 nitrogen and oxygen atoms in total. The first kappa shape index (κ1) is 22.0. The molecule has 1 aromatic carbocycles. The molecule has 0 amide bonds. The van der Waals surface area contributed by atoms with Crippen molar-refractivity contribution >= 4 is 5.96 Å².